The van der Waals surface area contributed by atoms with Gasteiger partial charge in [-0.25, -0.2) is 8.42 Å². The number of sulfonamides is 1. The lowest BCUT2D eigenvalue weighted by Crippen LogP contribution is -2.51. The van der Waals surface area contributed by atoms with Crippen LogP contribution in [0.25, 0.3) is 0 Å². The van der Waals surface area contributed by atoms with Crippen LogP contribution in [0.2, 0.25) is 5.02 Å². The van der Waals surface area contributed by atoms with E-state index in [1.54, 1.807) is 81.6 Å². The number of rotatable bonds is 12. The maximum atomic E-state index is 13.9. The van der Waals surface area contributed by atoms with Crippen molar-refractivity contribution in [1.82, 2.24) is 10.2 Å². The van der Waals surface area contributed by atoms with Crippen molar-refractivity contribution in [2.45, 2.75) is 44.7 Å². The van der Waals surface area contributed by atoms with Crippen molar-refractivity contribution in [2.24, 2.45) is 0 Å². The highest BCUT2D eigenvalue weighted by molar-refractivity contribution is 7.92. The first-order valence-corrected chi connectivity index (χ1v) is 14.4. The van der Waals surface area contributed by atoms with E-state index in [1.165, 1.54) is 17.0 Å². The summed E-state index contributed by atoms with van der Waals surface area (Å²) in [6.45, 7) is 5.30. The van der Waals surface area contributed by atoms with E-state index in [1.807, 2.05) is 6.92 Å². The number of nitrogens with one attached hydrogen (secondary N) is 1. The quantitative estimate of drug-likeness (QED) is 0.337. The summed E-state index contributed by atoms with van der Waals surface area (Å²) in [6, 6.07) is 19.1. The van der Waals surface area contributed by atoms with E-state index in [-0.39, 0.29) is 23.0 Å². The number of hydrogen-bond acceptors (Lipinski definition) is 5. The minimum Gasteiger partial charge on any atom is -0.497 e. The first kappa shape index (κ1) is 30.0. The molecule has 0 aliphatic heterocycles. The second kappa shape index (κ2) is 13.5. The standard InChI is InChI=1S/C29H34ClN3O5S/c1-5-18-31-29(35)22(3)32(19-23-14-16-24(38-4)17-15-23)28(34)20-33(27-13-9-12-26(30)21(27)2)39(36,37)25-10-7-6-8-11-25/h6-17,22H,5,18-20H2,1-4H3,(H,31,35). The smallest absolute Gasteiger partial charge is 0.264 e. The van der Waals surface area contributed by atoms with Crippen LogP contribution in [0.1, 0.15) is 31.4 Å². The number of nitrogens with zero attached hydrogens (tertiary/aromatic N) is 2. The third-order valence-electron chi connectivity index (χ3n) is 6.35. The van der Waals surface area contributed by atoms with Gasteiger partial charge in [-0.1, -0.05) is 54.9 Å². The van der Waals surface area contributed by atoms with E-state index in [9.17, 15) is 18.0 Å². The Kier molecular flexibility index (Phi) is 10.4. The molecule has 0 fully saturated rings. The van der Waals surface area contributed by atoms with Gasteiger partial charge in [0.2, 0.25) is 11.8 Å². The average molecular weight is 572 g/mol. The van der Waals surface area contributed by atoms with Crippen molar-refractivity contribution < 1.29 is 22.7 Å². The van der Waals surface area contributed by atoms with Crippen LogP contribution < -0.4 is 14.4 Å². The number of carbonyl (C=O) groups is 2. The van der Waals surface area contributed by atoms with Gasteiger partial charge in [0.05, 0.1) is 17.7 Å². The van der Waals surface area contributed by atoms with Crippen LogP contribution in [0.5, 0.6) is 5.75 Å². The number of amides is 2. The van der Waals surface area contributed by atoms with Crippen molar-refractivity contribution in [2.75, 3.05) is 24.5 Å². The summed E-state index contributed by atoms with van der Waals surface area (Å²) in [4.78, 5) is 28.3. The van der Waals surface area contributed by atoms with Crippen LogP contribution in [0.15, 0.2) is 77.7 Å². The van der Waals surface area contributed by atoms with Gasteiger partial charge in [0, 0.05) is 18.1 Å². The maximum absolute atomic E-state index is 13.9. The van der Waals surface area contributed by atoms with Gasteiger partial charge in [-0.3, -0.25) is 13.9 Å². The van der Waals surface area contributed by atoms with Crippen LogP contribution in [0.4, 0.5) is 5.69 Å². The van der Waals surface area contributed by atoms with Gasteiger partial charge in [0.25, 0.3) is 10.0 Å². The third-order valence-corrected chi connectivity index (χ3v) is 8.53. The molecule has 0 radical (unpaired) electrons. The molecule has 0 heterocycles. The van der Waals surface area contributed by atoms with Gasteiger partial charge in [-0.15, -0.1) is 0 Å². The van der Waals surface area contributed by atoms with Gasteiger partial charge in [-0.05, 0) is 67.8 Å². The zero-order chi connectivity index (χ0) is 28.6. The molecule has 3 aromatic carbocycles. The topological polar surface area (TPSA) is 96.0 Å². The minimum absolute atomic E-state index is 0.0348. The molecular weight excluding hydrogens is 538 g/mol. The van der Waals surface area contributed by atoms with Gasteiger partial charge < -0.3 is 15.0 Å². The summed E-state index contributed by atoms with van der Waals surface area (Å²) >= 11 is 6.35. The number of methoxy groups -OCH3 is 1. The van der Waals surface area contributed by atoms with E-state index in [0.29, 0.717) is 22.9 Å². The molecule has 39 heavy (non-hydrogen) atoms. The summed E-state index contributed by atoms with van der Waals surface area (Å²) in [5, 5.41) is 3.20. The second-order valence-corrected chi connectivity index (χ2v) is 11.3. The summed E-state index contributed by atoms with van der Waals surface area (Å²) < 4.78 is 34.0. The Morgan fingerprint density at radius 1 is 1.00 bits per heavy atom. The molecule has 1 atom stereocenters. The Hall–Kier alpha value is -3.56. The molecule has 0 saturated heterocycles. The Labute approximate surface area is 235 Å². The Morgan fingerprint density at radius 3 is 2.28 bits per heavy atom. The fraction of sp³-hybridized carbons (Fsp3) is 0.310. The molecule has 0 aliphatic carbocycles. The molecule has 3 aromatic rings. The molecular formula is C29H34ClN3O5S. The fourth-order valence-corrected chi connectivity index (χ4v) is 5.67. The van der Waals surface area contributed by atoms with Crippen molar-refractivity contribution >= 4 is 39.1 Å². The van der Waals surface area contributed by atoms with E-state index >= 15 is 0 Å². The lowest BCUT2D eigenvalue weighted by atomic mass is 10.1. The van der Waals surface area contributed by atoms with E-state index in [4.69, 9.17) is 16.3 Å². The van der Waals surface area contributed by atoms with Crippen LogP contribution >= 0.6 is 11.6 Å². The number of hydrogen-bond donors (Lipinski definition) is 1. The van der Waals surface area contributed by atoms with Crippen molar-refractivity contribution in [3.63, 3.8) is 0 Å². The zero-order valence-electron chi connectivity index (χ0n) is 22.6. The molecule has 1 N–H and O–H groups in total. The number of anilines is 1. The summed E-state index contributed by atoms with van der Waals surface area (Å²) in [5.74, 6) is -0.208. The average Bonchev–Trinajstić information content (AvgIpc) is 2.95. The van der Waals surface area contributed by atoms with Crippen molar-refractivity contribution in [3.8, 4) is 5.75 Å². The van der Waals surface area contributed by atoms with Crippen LogP contribution in [0.3, 0.4) is 0 Å². The molecule has 1 unspecified atom stereocenters. The third kappa shape index (κ3) is 7.30. The second-order valence-electron chi connectivity index (χ2n) is 9.05. The fourth-order valence-electron chi connectivity index (χ4n) is 4.01. The minimum atomic E-state index is -4.15. The first-order valence-electron chi connectivity index (χ1n) is 12.6. The van der Waals surface area contributed by atoms with E-state index < -0.39 is 28.5 Å². The molecule has 0 spiro atoms. The van der Waals surface area contributed by atoms with Gasteiger partial charge >= 0.3 is 0 Å². The van der Waals surface area contributed by atoms with Crippen molar-refractivity contribution in [1.29, 1.82) is 0 Å². The molecule has 2 amide bonds. The van der Waals surface area contributed by atoms with Gasteiger partial charge in [0.15, 0.2) is 0 Å². The zero-order valence-corrected chi connectivity index (χ0v) is 24.1. The lowest BCUT2D eigenvalue weighted by molar-refractivity contribution is -0.139. The van der Waals surface area contributed by atoms with E-state index in [0.717, 1.165) is 16.3 Å². The normalized spacial score (nSPS) is 11.9. The molecule has 8 nitrogen and oxygen atoms in total. The first-order chi connectivity index (χ1) is 18.6. The summed E-state index contributed by atoms with van der Waals surface area (Å²) in [5.41, 5.74) is 1.56. The molecule has 0 saturated carbocycles. The SMILES string of the molecule is CCCNC(=O)C(C)N(Cc1ccc(OC)cc1)C(=O)CN(c1cccc(Cl)c1C)S(=O)(=O)c1ccccc1. The lowest BCUT2D eigenvalue weighted by Gasteiger charge is -2.32. The van der Waals surface area contributed by atoms with Crippen LogP contribution in [0, 0.1) is 6.92 Å². The Bertz CT molecular complexity index is 1380. The summed E-state index contributed by atoms with van der Waals surface area (Å²) in [6.07, 6.45) is 0.738. The van der Waals surface area contributed by atoms with Crippen LogP contribution in [-0.2, 0) is 26.2 Å². The van der Waals surface area contributed by atoms with Crippen LogP contribution in [-0.4, -0.2) is 51.4 Å². The molecule has 3 rings (SSSR count). The molecule has 10 heteroatoms. The highest BCUT2D eigenvalue weighted by Gasteiger charge is 2.33. The molecule has 0 aliphatic rings. The molecule has 0 bridgehead atoms. The van der Waals surface area contributed by atoms with Gasteiger partial charge in [-0.2, -0.15) is 0 Å². The highest BCUT2D eigenvalue weighted by Crippen LogP contribution is 2.31. The number of ether oxygens (including phenoxy) is 1. The van der Waals surface area contributed by atoms with Gasteiger partial charge in [0.1, 0.15) is 18.3 Å². The van der Waals surface area contributed by atoms with Crippen molar-refractivity contribution in [3.05, 3.63) is 88.9 Å². The molecule has 208 valence electrons. The molecule has 0 aromatic heterocycles. The predicted molar refractivity (Wildman–Crippen MR) is 153 cm³/mol. The summed E-state index contributed by atoms with van der Waals surface area (Å²) in [7, 11) is -2.59. The largest absolute Gasteiger partial charge is 0.497 e. The maximum Gasteiger partial charge on any atom is 0.264 e. The Balaban J connectivity index is 2.04. The number of halogens is 1. The predicted octanol–water partition coefficient (Wildman–Crippen LogP) is 4.80. The number of carbonyl (C=O) groups excluding carboxylic acids is 2. The monoisotopic (exact) mass is 571 g/mol. The number of benzene rings is 3. The Morgan fingerprint density at radius 2 is 1.67 bits per heavy atom. The van der Waals surface area contributed by atoms with E-state index in [2.05, 4.69) is 5.32 Å². The highest BCUT2D eigenvalue weighted by atomic mass is 35.5.